The van der Waals surface area contributed by atoms with Crippen LogP contribution in [0.3, 0.4) is 0 Å². The number of hydrogen-bond acceptors (Lipinski definition) is 1. The smallest absolute Gasteiger partial charge is 0.163 e. The van der Waals surface area contributed by atoms with Crippen molar-refractivity contribution in [3.63, 3.8) is 0 Å². The Morgan fingerprint density at radius 3 is 2.27 bits per heavy atom. The lowest BCUT2D eigenvalue weighted by atomic mass is 10.1. The van der Waals surface area contributed by atoms with Crippen LogP contribution >= 0.6 is 0 Å². The maximum absolute atomic E-state index is 5.20. The van der Waals surface area contributed by atoms with Crippen molar-refractivity contribution < 1.29 is 4.43 Å². The van der Waals surface area contributed by atoms with E-state index in [1.807, 2.05) is 7.11 Å². The molecule has 0 aromatic rings. The van der Waals surface area contributed by atoms with E-state index in [0.717, 1.165) is 11.5 Å². The highest BCUT2D eigenvalue weighted by Crippen LogP contribution is 2.15. The Kier molecular flexibility index (Phi) is 6.97. The van der Waals surface area contributed by atoms with E-state index in [-0.39, 0.29) is 9.76 Å². The van der Waals surface area contributed by atoms with Crippen LogP contribution in [0.5, 0.6) is 0 Å². The summed E-state index contributed by atoms with van der Waals surface area (Å²) >= 11 is 0. The first-order valence-corrected chi connectivity index (χ1v) is 6.05. The molecular formula is C9H22OSi. The van der Waals surface area contributed by atoms with Gasteiger partial charge in [-0.25, -0.2) is 0 Å². The first-order chi connectivity index (χ1) is 5.16. The Morgan fingerprint density at radius 2 is 1.82 bits per heavy atom. The van der Waals surface area contributed by atoms with Crippen LogP contribution in [0.4, 0.5) is 0 Å². The molecule has 0 bridgehead atoms. The summed E-state index contributed by atoms with van der Waals surface area (Å²) in [5, 5.41) is 0. The summed E-state index contributed by atoms with van der Waals surface area (Å²) in [4.78, 5) is 0. The van der Waals surface area contributed by atoms with E-state index in [0.29, 0.717) is 0 Å². The second kappa shape index (κ2) is 6.86. The standard InChI is InChI=1S/C9H22OSi/c1-8(2)6-5-7-9(3)11-10-4/h8-9H,5-7,11H2,1-4H3. The molecule has 0 amide bonds. The van der Waals surface area contributed by atoms with Crippen molar-refractivity contribution in [2.45, 2.75) is 45.6 Å². The van der Waals surface area contributed by atoms with Crippen LogP contribution in [-0.4, -0.2) is 16.9 Å². The largest absolute Gasteiger partial charge is 0.427 e. The van der Waals surface area contributed by atoms with Gasteiger partial charge in [0.05, 0.1) is 0 Å². The van der Waals surface area contributed by atoms with Gasteiger partial charge in [0.2, 0.25) is 0 Å². The highest BCUT2D eigenvalue weighted by atomic mass is 28.2. The summed E-state index contributed by atoms with van der Waals surface area (Å²) in [6, 6.07) is 0. The summed E-state index contributed by atoms with van der Waals surface area (Å²) < 4.78 is 5.20. The molecule has 0 aliphatic carbocycles. The molecule has 0 aromatic heterocycles. The lowest BCUT2D eigenvalue weighted by molar-refractivity contribution is 0.424. The molecule has 11 heavy (non-hydrogen) atoms. The molecule has 0 aliphatic heterocycles. The molecule has 0 saturated carbocycles. The lowest BCUT2D eigenvalue weighted by Gasteiger charge is -2.09. The fraction of sp³-hybridized carbons (Fsp3) is 1.00. The first kappa shape index (κ1) is 11.2. The van der Waals surface area contributed by atoms with E-state index in [1.165, 1.54) is 19.3 Å². The Labute approximate surface area is 73.5 Å². The van der Waals surface area contributed by atoms with Gasteiger partial charge in [0.1, 0.15) is 0 Å². The predicted molar refractivity (Wildman–Crippen MR) is 53.7 cm³/mol. The molecular weight excluding hydrogens is 152 g/mol. The Bertz CT molecular complexity index is 83.6. The van der Waals surface area contributed by atoms with Crippen molar-refractivity contribution in [2.24, 2.45) is 5.92 Å². The molecule has 0 radical (unpaired) electrons. The van der Waals surface area contributed by atoms with Gasteiger partial charge >= 0.3 is 0 Å². The average Bonchev–Trinajstić information content (AvgIpc) is 1.87. The lowest BCUT2D eigenvalue weighted by Crippen LogP contribution is -2.02. The third kappa shape index (κ3) is 8.08. The van der Waals surface area contributed by atoms with Crippen LogP contribution in [-0.2, 0) is 4.43 Å². The molecule has 1 atom stereocenters. The molecule has 0 spiro atoms. The van der Waals surface area contributed by atoms with Gasteiger partial charge in [-0.05, 0) is 11.5 Å². The predicted octanol–water partition coefficient (Wildman–Crippen LogP) is 2.35. The van der Waals surface area contributed by atoms with Crippen LogP contribution in [0.1, 0.15) is 40.0 Å². The first-order valence-electron chi connectivity index (χ1n) is 4.65. The van der Waals surface area contributed by atoms with Gasteiger partial charge < -0.3 is 4.43 Å². The molecule has 0 rings (SSSR count). The van der Waals surface area contributed by atoms with Crippen molar-refractivity contribution in [3.8, 4) is 0 Å². The Balaban J connectivity index is 3.10. The third-order valence-corrected chi connectivity index (χ3v) is 3.24. The molecule has 0 N–H and O–H groups in total. The van der Waals surface area contributed by atoms with E-state index >= 15 is 0 Å². The Hall–Kier alpha value is 0.177. The fourth-order valence-electron chi connectivity index (χ4n) is 1.24. The van der Waals surface area contributed by atoms with Gasteiger partial charge in [0.25, 0.3) is 0 Å². The zero-order valence-electron chi connectivity index (χ0n) is 8.39. The van der Waals surface area contributed by atoms with Gasteiger partial charge in [-0.1, -0.05) is 40.0 Å². The van der Waals surface area contributed by atoms with Crippen LogP contribution < -0.4 is 0 Å². The van der Waals surface area contributed by atoms with Gasteiger partial charge in [0.15, 0.2) is 9.76 Å². The SMILES string of the molecule is CO[SiH2]C(C)CCCC(C)C. The van der Waals surface area contributed by atoms with Gasteiger partial charge in [-0.2, -0.15) is 0 Å². The summed E-state index contributed by atoms with van der Waals surface area (Å²) in [7, 11) is 1.64. The zero-order valence-corrected chi connectivity index (χ0v) is 9.81. The number of hydrogen-bond donors (Lipinski definition) is 0. The van der Waals surface area contributed by atoms with Gasteiger partial charge in [-0.3, -0.25) is 0 Å². The normalized spacial score (nSPS) is 15.0. The quantitative estimate of drug-likeness (QED) is 0.562. The highest BCUT2D eigenvalue weighted by Gasteiger charge is 2.02. The average molecular weight is 174 g/mol. The van der Waals surface area contributed by atoms with Gasteiger partial charge in [-0.15, -0.1) is 0 Å². The van der Waals surface area contributed by atoms with E-state index in [4.69, 9.17) is 4.43 Å². The summed E-state index contributed by atoms with van der Waals surface area (Å²) in [5.41, 5.74) is 0.874. The van der Waals surface area contributed by atoms with Crippen molar-refractivity contribution in [1.82, 2.24) is 0 Å². The van der Waals surface area contributed by atoms with E-state index in [2.05, 4.69) is 20.8 Å². The Morgan fingerprint density at radius 1 is 1.18 bits per heavy atom. The molecule has 0 fully saturated rings. The summed E-state index contributed by atoms with van der Waals surface area (Å²) in [6.07, 6.45) is 4.13. The topological polar surface area (TPSA) is 9.23 Å². The van der Waals surface area contributed by atoms with Crippen molar-refractivity contribution in [1.29, 1.82) is 0 Å². The molecule has 0 aromatic carbocycles. The molecule has 1 nitrogen and oxygen atoms in total. The molecule has 0 heterocycles. The van der Waals surface area contributed by atoms with Crippen LogP contribution in [0.15, 0.2) is 0 Å². The number of rotatable bonds is 6. The van der Waals surface area contributed by atoms with Crippen LogP contribution in [0.2, 0.25) is 5.54 Å². The van der Waals surface area contributed by atoms with Crippen LogP contribution in [0.25, 0.3) is 0 Å². The van der Waals surface area contributed by atoms with Crippen molar-refractivity contribution in [3.05, 3.63) is 0 Å². The highest BCUT2D eigenvalue weighted by molar-refractivity contribution is 6.29. The molecule has 0 saturated heterocycles. The molecule has 2 heteroatoms. The monoisotopic (exact) mass is 174 g/mol. The maximum Gasteiger partial charge on any atom is 0.163 e. The molecule has 68 valence electrons. The minimum absolute atomic E-state index is 0.199. The fourth-order valence-corrected chi connectivity index (χ4v) is 2.27. The van der Waals surface area contributed by atoms with E-state index in [9.17, 15) is 0 Å². The van der Waals surface area contributed by atoms with Crippen LogP contribution in [0, 0.1) is 5.92 Å². The molecule has 1 unspecified atom stereocenters. The molecule has 0 aliphatic rings. The van der Waals surface area contributed by atoms with E-state index in [1.54, 1.807) is 0 Å². The second-order valence-corrected chi connectivity index (χ2v) is 6.19. The maximum atomic E-state index is 5.20. The van der Waals surface area contributed by atoms with Gasteiger partial charge in [0, 0.05) is 7.11 Å². The van der Waals surface area contributed by atoms with Crippen molar-refractivity contribution >= 4 is 9.76 Å². The third-order valence-electron chi connectivity index (χ3n) is 1.93. The minimum atomic E-state index is -0.199. The summed E-state index contributed by atoms with van der Waals surface area (Å²) in [5.74, 6) is 0.867. The zero-order chi connectivity index (χ0) is 8.69. The second-order valence-electron chi connectivity index (χ2n) is 3.89. The summed E-state index contributed by atoms with van der Waals surface area (Å²) in [6.45, 7) is 6.90. The van der Waals surface area contributed by atoms with E-state index < -0.39 is 0 Å². The van der Waals surface area contributed by atoms with Crippen molar-refractivity contribution in [2.75, 3.05) is 7.11 Å². The minimum Gasteiger partial charge on any atom is -0.427 e.